The van der Waals surface area contributed by atoms with Crippen LogP contribution in [0.15, 0.2) is 6.08 Å². The van der Waals surface area contributed by atoms with Gasteiger partial charge in [-0.3, -0.25) is 4.57 Å². The zero-order valence-electron chi connectivity index (χ0n) is 20.3. The summed E-state index contributed by atoms with van der Waals surface area (Å²) in [6.07, 6.45) is 7.22. The maximum absolute atomic E-state index is 14.1. The van der Waals surface area contributed by atoms with Crippen LogP contribution in [0.5, 0.6) is 0 Å². The number of alkyl halides is 2. The minimum absolute atomic E-state index is 0.184. The van der Waals surface area contributed by atoms with Crippen LogP contribution in [0.2, 0.25) is 0 Å². The number of ether oxygens (including phenoxy) is 1. The number of hydrogen-bond acceptors (Lipinski definition) is 7. The average molecular weight is 486 g/mol. The molecule has 4 aliphatic carbocycles. The van der Waals surface area contributed by atoms with Crippen LogP contribution in [-0.2, 0) is 4.74 Å². The van der Waals surface area contributed by atoms with E-state index in [0.717, 1.165) is 11.8 Å². The van der Waals surface area contributed by atoms with Gasteiger partial charge in [0.25, 0.3) is 6.43 Å². The fraction of sp³-hybridized carbons (Fsp3) is 0.680. The van der Waals surface area contributed by atoms with Crippen LogP contribution in [0, 0.1) is 30.6 Å². The normalized spacial score (nSPS) is 30.1. The van der Waals surface area contributed by atoms with E-state index in [1.54, 1.807) is 19.1 Å². The summed E-state index contributed by atoms with van der Waals surface area (Å²) in [6, 6.07) is 0.327. The molecule has 2 aromatic rings. The molecule has 4 saturated carbocycles. The minimum Gasteiger partial charge on any atom is -0.378 e. The summed E-state index contributed by atoms with van der Waals surface area (Å²) in [5.74, 6) is 3.78. The first-order valence-corrected chi connectivity index (χ1v) is 12.9. The van der Waals surface area contributed by atoms with Crippen LogP contribution >= 0.6 is 0 Å². The zero-order valence-corrected chi connectivity index (χ0v) is 20.3. The van der Waals surface area contributed by atoms with Gasteiger partial charge in [0.2, 0.25) is 17.8 Å². The van der Waals surface area contributed by atoms with Gasteiger partial charge in [0.05, 0.1) is 24.6 Å². The largest absolute Gasteiger partial charge is 0.378 e. The van der Waals surface area contributed by atoms with Gasteiger partial charge in [-0.1, -0.05) is 6.08 Å². The number of rotatable bonds is 6. The molecule has 1 N–H and O–H groups in total. The van der Waals surface area contributed by atoms with Gasteiger partial charge in [0.15, 0.2) is 5.82 Å². The molecule has 0 atom stereocenters. The number of nitrogens with one attached hydrogen (secondary N) is 1. The van der Waals surface area contributed by atoms with Crippen molar-refractivity contribution >= 4 is 18.0 Å². The molecule has 1 aliphatic heterocycles. The first-order chi connectivity index (χ1) is 17.0. The summed E-state index contributed by atoms with van der Waals surface area (Å²) < 4.78 is 35.0. The Morgan fingerprint density at radius 2 is 1.60 bits per heavy atom. The van der Waals surface area contributed by atoms with Crippen molar-refractivity contribution in [3.05, 3.63) is 23.3 Å². The van der Waals surface area contributed by atoms with E-state index in [4.69, 9.17) is 14.7 Å². The molecule has 188 valence electrons. The molecule has 5 fully saturated rings. The van der Waals surface area contributed by atoms with Crippen LogP contribution in [0.25, 0.3) is 12.0 Å². The quantitative estimate of drug-likeness (QED) is 0.649. The van der Waals surface area contributed by atoms with E-state index in [2.05, 4.69) is 15.3 Å². The molecule has 4 bridgehead atoms. The van der Waals surface area contributed by atoms with Crippen LogP contribution in [-0.4, -0.2) is 56.8 Å². The Balaban J connectivity index is 1.40. The highest BCUT2D eigenvalue weighted by atomic mass is 19.3. The zero-order chi connectivity index (χ0) is 24.1. The molecular weight excluding hydrogens is 452 g/mol. The molecule has 2 aromatic heterocycles. The van der Waals surface area contributed by atoms with E-state index in [0.29, 0.717) is 67.5 Å². The predicted octanol–water partition coefficient (Wildman–Crippen LogP) is 4.41. The Morgan fingerprint density at radius 1 is 0.943 bits per heavy atom. The highest BCUT2D eigenvalue weighted by Crippen LogP contribution is 2.54. The second kappa shape index (κ2) is 9.11. The summed E-state index contributed by atoms with van der Waals surface area (Å²) >= 11 is 0. The summed E-state index contributed by atoms with van der Waals surface area (Å²) in [6.45, 7) is 6.07. The molecule has 0 aromatic carbocycles. The van der Waals surface area contributed by atoms with Crippen molar-refractivity contribution in [2.45, 2.75) is 58.4 Å². The fourth-order valence-corrected chi connectivity index (χ4v) is 6.99. The number of allylic oxidation sites excluding steroid dienone is 1. The topological polar surface area (TPSA) is 81.0 Å². The Labute approximate surface area is 204 Å². The van der Waals surface area contributed by atoms with Crippen molar-refractivity contribution in [1.82, 2.24) is 24.5 Å². The maximum atomic E-state index is 14.1. The lowest BCUT2D eigenvalue weighted by Gasteiger charge is -2.54. The molecule has 10 heteroatoms. The average Bonchev–Trinajstić information content (AvgIpc) is 3.18. The molecule has 0 spiro atoms. The molecule has 35 heavy (non-hydrogen) atoms. The van der Waals surface area contributed by atoms with Crippen molar-refractivity contribution in [1.29, 1.82) is 0 Å². The van der Waals surface area contributed by atoms with E-state index in [1.807, 2.05) is 11.8 Å². The summed E-state index contributed by atoms with van der Waals surface area (Å²) in [5.41, 5.74) is 1.07. The minimum atomic E-state index is -2.75. The van der Waals surface area contributed by atoms with E-state index < -0.39 is 6.43 Å². The molecule has 5 aliphatic rings. The van der Waals surface area contributed by atoms with E-state index in [9.17, 15) is 8.78 Å². The molecule has 1 saturated heterocycles. The van der Waals surface area contributed by atoms with E-state index in [1.165, 1.54) is 36.7 Å². The number of aromatic nitrogens is 5. The van der Waals surface area contributed by atoms with E-state index >= 15 is 0 Å². The molecule has 0 unspecified atom stereocenters. The van der Waals surface area contributed by atoms with Gasteiger partial charge in [0.1, 0.15) is 0 Å². The number of anilines is 2. The van der Waals surface area contributed by atoms with Gasteiger partial charge in [-0.2, -0.15) is 15.0 Å². The Morgan fingerprint density at radius 3 is 2.23 bits per heavy atom. The number of hydrogen-bond donors (Lipinski definition) is 1. The van der Waals surface area contributed by atoms with Crippen LogP contribution < -0.4 is 10.2 Å². The van der Waals surface area contributed by atoms with Crippen molar-refractivity contribution in [2.75, 3.05) is 36.5 Å². The molecule has 0 radical (unpaired) electrons. The van der Waals surface area contributed by atoms with Gasteiger partial charge in [-0.15, -0.1) is 0 Å². The second-order valence-corrected chi connectivity index (χ2v) is 10.5. The van der Waals surface area contributed by atoms with Gasteiger partial charge in [-0.25, -0.2) is 13.8 Å². The van der Waals surface area contributed by atoms with E-state index in [-0.39, 0.29) is 11.8 Å². The highest BCUT2D eigenvalue weighted by Gasteiger charge is 2.48. The molecular formula is C25H33F2N7O. The summed E-state index contributed by atoms with van der Waals surface area (Å²) in [7, 11) is 0. The number of imidazole rings is 1. The molecule has 3 heterocycles. The third-order valence-electron chi connectivity index (χ3n) is 8.32. The third kappa shape index (κ3) is 4.19. The first kappa shape index (κ1) is 22.8. The predicted molar refractivity (Wildman–Crippen MR) is 129 cm³/mol. The number of nitrogens with zero attached hydrogens (tertiary/aromatic N) is 6. The van der Waals surface area contributed by atoms with Crippen molar-refractivity contribution in [2.24, 2.45) is 23.7 Å². The maximum Gasteiger partial charge on any atom is 0.296 e. The van der Waals surface area contributed by atoms with Crippen LogP contribution in [0.1, 0.15) is 62.7 Å². The van der Waals surface area contributed by atoms with Crippen molar-refractivity contribution in [3.63, 3.8) is 0 Å². The molecule has 8 nitrogen and oxygen atoms in total. The standard InChI is InChI=1S/C25H33F2N7O/c1-3-4-19-14(2)34(22(28-19)21(26)27)25-31-23(30-24(32-25)33-5-7-35-8-6-33)29-20-17-10-15-9-16(12-17)13-18(20)11-15/h3-4,15-18,20-21H,5-13H2,1-2H3,(H,29,30,31,32)/b4-3-. The van der Waals surface area contributed by atoms with Crippen molar-refractivity contribution < 1.29 is 13.5 Å². The Hall–Kier alpha value is -2.62. The lowest BCUT2D eigenvalue weighted by molar-refractivity contribution is 0.00728. The highest BCUT2D eigenvalue weighted by molar-refractivity contribution is 5.50. The smallest absolute Gasteiger partial charge is 0.296 e. The lowest BCUT2D eigenvalue weighted by Crippen LogP contribution is -2.51. The van der Waals surface area contributed by atoms with Gasteiger partial charge < -0.3 is 15.0 Å². The van der Waals surface area contributed by atoms with Gasteiger partial charge >= 0.3 is 0 Å². The van der Waals surface area contributed by atoms with Gasteiger partial charge in [0, 0.05) is 19.1 Å². The Kier molecular flexibility index (Phi) is 5.94. The fourth-order valence-electron chi connectivity index (χ4n) is 6.99. The number of halogens is 2. The lowest BCUT2D eigenvalue weighted by atomic mass is 9.54. The molecule has 0 amide bonds. The second-order valence-electron chi connectivity index (χ2n) is 10.5. The Bertz CT molecular complexity index is 1080. The van der Waals surface area contributed by atoms with Crippen LogP contribution in [0.3, 0.4) is 0 Å². The summed E-state index contributed by atoms with van der Waals surface area (Å²) in [5, 5.41) is 3.66. The van der Waals surface area contributed by atoms with Gasteiger partial charge in [-0.05, 0) is 75.7 Å². The SMILES string of the molecule is C/C=C\c1nc(C(F)F)n(-c2nc(NC3C4CC5CC(C4)CC3C5)nc(N3CCOCC3)n2)c1C. The van der Waals surface area contributed by atoms with Crippen molar-refractivity contribution in [3.8, 4) is 5.95 Å². The first-order valence-electron chi connectivity index (χ1n) is 12.9. The summed E-state index contributed by atoms with van der Waals surface area (Å²) in [4.78, 5) is 20.4. The monoisotopic (exact) mass is 485 g/mol. The third-order valence-corrected chi connectivity index (χ3v) is 8.32. The number of morpholine rings is 1. The van der Waals surface area contributed by atoms with Crippen LogP contribution in [0.4, 0.5) is 20.7 Å². The molecule has 7 rings (SSSR count).